The summed E-state index contributed by atoms with van der Waals surface area (Å²) in [6.45, 7) is 1.28. The summed E-state index contributed by atoms with van der Waals surface area (Å²) in [6, 6.07) is 10.5. The Bertz CT molecular complexity index is 939. The van der Waals surface area contributed by atoms with E-state index in [0.29, 0.717) is 22.8 Å². The molecule has 3 N–H and O–H groups in total. The van der Waals surface area contributed by atoms with Crippen LogP contribution in [0.2, 0.25) is 0 Å². The predicted octanol–water partition coefficient (Wildman–Crippen LogP) is 1.78. The van der Waals surface area contributed by atoms with E-state index in [2.05, 4.69) is 15.4 Å². The summed E-state index contributed by atoms with van der Waals surface area (Å²) in [5.41, 5.74) is 1.20. The summed E-state index contributed by atoms with van der Waals surface area (Å²) in [6.07, 6.45) is 0. The lowest BCUT2D eigenvalue weighted by molar-refractivity contribution is -0.118. The van der Waals surface area contributed by atoms with Crippen molar-refractivity contribution in [3.63, 3.8) is 0 Å². The molecular weight excluding hydrogens is 346 g/mol. The molecule has 0 atom stereocenters. The summed E-state index contributed by atoms with van der Waals surface area (Å²) in [5.74, 6) is -0.145. The third kappa shape index (κ3) is 3.89. The fraction of sp³-hybridized carbons (Fsp3) is 0.125. The van der Waals surface area contributed by atoms with Gasteiger partial charge in [-0.15, -0.1) is 0 Å². The normalized spacial score (nSPS) is 13.2. The molecule has 130 valence electrons. The smallest absolute Gasteiger partial charge is 0.262 e. The van der Waals surface area contributed by atoms with Crippen molar-refractivity contribution in [2.75, 3.05) is 22.0 Å². The molecule has 25 heavy (non-hydrogen) atoms. The lowest BCUT2D eigenvalue weighted by Crippen LogP contribution is -2.25. The largest absolute Gasteiger partial charge is 0.482 e. The van der Waals surface area contributed by atoms with Crippen molar-refractivity contribution in [3.8, 4) is 5.75 Å². The van der Waals surface area contributed by atoms with Gasteiger partial charge in [0.1, 0.15) is 5.75 Å². The number of nitrogens with one attached hydrogen (secondary N) is 3. The standard InChI is InChI=1S/C16H15N3O5S/c1-10(20)17-11-2-4-12(5-3-11)19-25(22,23)13-6-7-15-14(8-13)18-16(21)9-24-15/h2-8,19H,9H2,1H3,(H,17,20)(H,18,21). The van der Waals surface area contributed by atoms with Crippen molar-refractivity contribution in [2.24, 2.45) is 0 Å². The fourth-order valence-electron chi connectivity index (χ4n) is 2.27. The quantitative estimate of drug-likeness (QED) is 0.768. The van der Waals surface area contributed by atoms with Gasteiger partial charge in [-0.1, -0.05) is 0 Å². The second kappa shape index (κ2) is 6.44. The van der Waals surface area contributed by atoms with Crippen LogP contribution in [-0.2, 0) is 19.6 Å². The van der Waals surface area contributed by atoms with Crippen LogP contribution in [0.5, 0.6) is 5.75 Å². The van der Waals surface area contributed by atoms with Gasteiger partial charge in [-0.05, 0) is 42.5 Å². The van der Waals surface area contributed by atoms with Gasteiger partial charge >= 0.3 is 0 Å². The lowest BCUT2D eigenvalue weighted by atomic mass is 10.2. The number of hydrogen-bond acceptors (Lipinski definition) is 5. The van der Waals surface area contributed by atoms with Crippen LogP contribution in [0.4, 0.5) is 17.1 Å². The summed E-state index contributed by atoms with van der Waals surface area (Å²) in [4.78, 5) is 22.3. The van der Waals surface area contributed by atoms with Crippen molar-refractivity contribution in [1.82, 2.24) is 0 Å². The molecule has 0 unspecified atom stereocenters. The number of ether oxygens (including phenoxy) is 1. The molecule has 0 saturated carbocycles. The number of rotatable bonds is 4. The average Bonchev–Trinajstić information content (AvgIpc) is 2.55. The lowest BCUT2D eigenvalue weighted by Gasteiger charge is -2.18. The van der Waals surface area contributed by atoms with Crippen LogP contribution < -0.4 is 20.1 Å². The van der Waals surface area contributed by atoms with E-state index in [1.165, 1.54) is 37.3 Å². The molecule has 0 radical (unpaired) electrons. The Morgan fingerprint density at radius 3 is 2.48 bits per heavy atom. The Hall–Kier alpha value is -3.07. The molecule has 1 heterocycles. The summed E-state index contributed by atoms with van der Waals surface area (Å²) in [5, 5.41) is 5.16. The van der Waals surface area contributed by atoms with E-state index in [-0.39, 0.29) is 23.3 Å². The molecule has 0 spiro atoms. The second-order valence-corrected chi connectivity index (χ2v) is 7.04. The van der Waals surface area contributed by atoms with Gasteiger partial charge in [0, 0.05) is 18.3 Å². The van der Waals surface area contributed by atoms with Gasteiger partial charge in [-0.3, -0.25) is 14.3 Å². The highest BCUT2D eigenvalue weighted by Gasteiger charge is 2.21. The summed E-state index contributed by atoms with van der Waals surface area (Å²) in [7, 11) is -3.84. The van der Waals surface area contributed by atoms with Crippen molar-refractivity contribution < 1.29 is 22.7 Å². The molecule has 0 aromatic heterocycles. The van der Waals surface area contributed by atoms with Crippen molar-refractivity contribution in [2.45, 2.75) is 11.8 Å². The van der Waals surface area contributed by atoms with Gasteiger partial charge < -0.3 is 15.4 Å². The van der Waals surface area contributed by atoms with Gasteiger partial charge in [0.2, 0.25) is 5.91 Å². The minimum Gasteiger partial charge on any atom is -0.482 e. The Labute approximate surface area is 144 Å². The van der Waals surface area contributed by atoms with E-state index in [9.17, 15) is 18.0 Å². The molecule has 3 rings (SSSR count). The zero-order chi connectivity index (χ0) is 18.0. The Balaban J connectivity index is 1.81. The average molecular weight is 361 g/mol. The van der Waals surface area contributed by atoms with Crippen LogP contribution in [0.1, 0.15) is 6.92 Å². The van der Waals surface area contributed by atoms with Gasteiger partial charge in [-0.25, -0.2) is 8.42 Å². The number of sulfonamides is 1. The first-order valence-electron chi connectivity index (χ1n) is 7.31. The predicted molar refractivity (Wildman–Crippen MR) is 92.1 cm³/mol. The maximum absolute atomic E-state index is 12.5. The number of carbonyl (C=O) groups excluding carboxylic acids is 2. The molecule has 2 aromatic carbocycles. The van der Waals surface area contributed by atoms with Crippen LogP contribution >= 0.6 is 0 Å². The van der Waals surface area contributed by atoms with E-state index in [0.717, 1.165) is 0 Å². The first kappa shape index (κ1) is 16.8. The highest BCUT2D eigenvalue weighted by atomic mass is 32.2. The molecule has 1 aliphatic rings. The van der Waals surface area contributed by atoms with Crippen LogP contribution in [0.15, 0.2) is 47.4 Å². The third-order valence-corrected chi connectivity index (χ3v) is 4.73. The second-order valence-electron chi connectivity index (χ2n) is 5.36. The molecule has 9 heteroatoms. The Morgan fingerprint density at radius 2 is 1.80 bits per heavy atom. The van der Waals surface area contributed by atoms with Gasteiger partial charge in [0.05, 0.1) is 10.6 Å². The molecule has 0 saturated heterocycles. The molecule has 2 aromatic rings. The topological polar surface area (TPSA) is 114 Å². The number of fused-ring (bicyclic) bond motifs is 1. The molecule has 0 fully saturated rings. The third-order valence-electron chi connectivity index (χ3n) is 3.35. The number of benzene rings is 2. The van der Waals surface area contributed by atoms with Crippen molar-refractivity contribution >= 4 is 38.9 Å². The number of hydrogen-bond donors (Lipinski definition) is 3. The van der Waals surface area contributed by atoms with Crippen molar-refractivity contribution in [3.05, 3.63) is 42.5 Å². The van der Waals surface area contributed by atoms with E-state index >= 15 is 0 Å². The molecule has 1 aliphatic heterocycles. The van der Waals surface area contributed by atoms with Crippen LogP contribution in [-0.4, -0.2) is 26.8 Å². The zero-order valence-electron chi connectivity index (χ0n) is 13.2. The van der Waals surface area contributed by atoms with Gasteiger partial charge in [0.25, 0.3) is 15.9 Å². The summed E-state index contributed by atoms with van der Waals surface area (Å²) >= 11 is 0. The molecule has 2 amide bonds. The highest BCUT2D eigenvalue weighted by Crippen LogP contribution is 2.30. The van der Waals surface area contributed by atoms with Crippen molar-refractivity contribution in [1.29, 1.82) is 0 Å². The van der Waals surface area contributed by atoms with E-state index in [4.69, 9.17) is 4.74 Å². The molecular formula is C16H15N3O5S. The minimum atomic E-state index is -3.84. The van der Waals surface area contributed by atoms with E-state index in [1.807, 2.05) is 0 Å². The van der Waals surface area contributed by atoms with Crippen LogP contribution in [0.25, 0.3) is 0 Å². The fourth-order valence-corrected chi connectivity index (χ4v) is 3.35. The number of anilines is 3. The number of amides is 2. The maximum atomic E-state index is 12.5. The zero-order valence-corrected chi connectivity index (χ0v) is 14.0. The monoisotopic (exact) mass is 361 g/mol. The van der Waals surface area contributed by atoms with E-state index < -0.39 is 10.0 Å². The van der Waals surface area contributed by atoms with E-state index in [1.54, 1.807) is 12.1 Å². The van der Waals surface area contributed by atoms with Crippen LogP contribution in [0, 0.1) is 0 Å². The summed E-state index contributed by atoms with van der Waals surface area (Å²) < 4.78 is 32.6. The van der Waals surface area contributed by atoms with Gasteiger partial charge in [-0.2, -0.15) is 0 Å². The molecule has 0 bridgehead atoms. The SMILES string of the molecule is CC(=O)Nc1ccc(NS(=O)(=O)c2ccc3c(c2)NC(=O)CO3)cc1. The number of carbonyl (C=O) groups is 2. The first-order valence-corrected chi connectivity index (χ1v) is 8.79. The maximum Gasteiger partial charge on any atom is 0.262 e. The molecule has 0 aliphatic carbocycles. The first-order chi connectivity index (χ1) is 11.8. The Kier molecular flexibility index (Phi) is 4.32. The highest BCUT2D eigenvalue weighted by molar-refractivity contribution is 7.92. The van der Waals surface area contributed by atoms with Crippen LogP contribution in [0.3, 0.4) is 0 Å². The minimum absolute atomic E-state index is 0.0111. The Morgan fingerprint density at radius 1 is 1.12 bits per heavy atom. The molecule has 8 nitrogen and oxygen atoms in total. The van der Waals surface area contributed by atoms with Gasteiger partial charge in [0.15, 0.2) is 6.61 Å².